The van der Waals surface area contributed by atoms with Crippen molar-refractivity contribution in [2.45, 2.75) is 60.2 Å². The molecule has 0 saturated heterocycles. The van der Waals surface area contributed by atoms with Crippen LogP contribution in [0.2, 0.25) is 0 Å². The highest BCUT2D eigenvalue weighted by Gasteiger charge is 2.50. The first-order chi connectivity index (χ1) is 13.5. The Morgan fingerprint density at radius 1 is 1.03 bits per heavy atom. The first-order valence-corrected chi connectivity index (χ1v) is 9.53. The lowest BCUT2D eigenvalue weighted by atomic mass is 10.1. The van der Waals surface area contributed by atoms with Crippen molar-refractivity contribution in [3.63, 3.8) is 0 Å². The van der Waals surface area contributed by atoms with Crippen LogP contribution in [0.15, 0.2) is 18.2 Å². The highest BCUT2D eigenvalue weighted by Crippen LogP contribution is 2.32. The Morgan fingerprint density at radius 3 is 2.17 bits per heavy atom. The number of ether oxygens (including phenoxy) is 3. The number of alkyl carbamates (subject to hydrolysis) is 1. The van der Waals surface area contributed by atoms with Gasteiger partial charge < -0.3 is 19.5 Å². The van der Waals surface area contributed by atoms with Crippen LogP contribution in [0.4, 0.5) is 22.4 Å². The van der Waals surface area contributed by atoms with Crippen molar-refractivity contribution < 1.29 is 36.6 Å². The number of aryl methyl sites for hydroxylation is 1. The van der Waals surface area contributed by atoms with Gasteiger partial charge in [-0.05, 0) is 32.4 Å². The van der Waals surface area contributed by atoms with Gasteiger partial charge in [0.2, 0.25) is 5.60 Å². The number of rotatable bonds is 8. The molecule has 29 heavy (non-hydrogen) atoms. The molecule has 0 aromatic heterocycles. The Kier molecular flexibility index (Phi) is 15.0. The number of carbonyl (C=O) groups is 1. The monoisotopic (exact) mass is 427 g/mol. The van der Waals surface area contributed by atoms with Gasteiger partial charge in [0.25, 0.3) is 0 Å². The van der Waals surface area contributed by atoms with Crippen molar-refractivity contribution >= 4 is 6.09 Å². The van der Waals surface area contributed by atoms with E-state index in [9.17, 15) is 22.4 Å². The molecule has 0 atom stereocenters. The van der Waals surface area contributed by atoms with Gasteiger partial charge in [-0.2, -0.15) is 13.2 Å². The first kappa shape index (κ1) is 29.2. The quantitative estimate of drug-likeness (QED) is 0.430. The predicted octanol–water partition coefficient (Wildman–Crippen LogP) is 5.65. The first-order valence-electron chi connectivity index (χ1n) is 9.53. The molecule has 0 saturated carbocycles. The van der Waals surface area contributed by atoms with Gasteiger partial charge in [0.1, 0.15) is 18.2 Å². The number of halogens is 4. The fraction of sp³-hybridized carbons (Fsp3) is 0.650. The molecule has 0 aliphatic heterocycles. The molecule has 5 nitrogen and oxygen atoms in total. The molecular weight excluding hydrogens is 394 g/mol. The average Bonchev–Trinajstić information content (AvgIpc) is 2.65. The summed E-state index contributed by atoms with van der Waals surface area (Å²) in [6, 6.07) is 4.17. The van der Waals surface area contributed by atoms with Gasteiger partial charge in [-0.25, -0.2) is 9.18 Å². The van der Waals surface area contributed by atoms with Crippen molar-refractivity contribution in [2.24, 2.45) is 0 Å². The molecule has 1 aromatic rings. The molecule has 0 bridgehead atoms. The summed E-state index contributed by atoms with van der Waals surface area (Å²) in [7, 11) is 0. The number of alkyl halides is 3. The summed E-state index contributed by atoms with van der Waals surface area (Å²) >= 11 is 0. The summed E-state index contributed by atoms with van der Waals surface area (Å²) in [5.74, 6) is -0.00861. The molecule has 0 radical (unpaired) electrons. The molecule has 0 spiro atoms. The number of benzene rings is 1. The number of amides is 1. The van der Waals surface area contributed by atoms with Crippen LogP contribution in [-0.4, -0.2) is 44.2 Å². The van der Waals surface area contributed by atoms with E-state index < -0.39 is 23.7 Å². The summed E-state index contributed by atoms with van der Waals surface area (Å²) in [4.78, 5) is 11.3. The molecule has 0 aliphatic carbocycles. The zero-order chi connectivity index (χ0) is 23.1. The Bertz CT molecular complexity index is 578. The molecule has 0 heterocycles. The third-order valence-corrected chi connectivity index (χ3v) is 3.18. The van der Waals surface area contributed by atoms with Crippen molar-refractivity contribution in [3.05, 3.63) is 29.6 Å². The van der Waals surface area contributed by atoms with Crippen LogP contribution in [-0.2, 0) is 9.47 Å². The second kappa shape index (κ2) is 14.9. The Hall–Kier alpha value is -2.03. The van der Waals surface area contributed by atoms with E-state index in [1.165, 1.54) is 12.1 Å². The van der Waals surface area contributed by atoms with Crippen LogP contribution in [0.1, 0.15) is 47.1 Å². The van der Waals surface area contributed by atoms with E-state index in [1.54, 1.807) is 13.0 Å². The molecular formula is C20H33F4NO4. The summed E-state index contributed by atoms with van der Waals surface area (Å²) in [6.45, 7) is 11.7. The largest absolute Gasteiger partial charge is 0.491 e. The van der Waals surface area contributed by atoms with E-state index in [2.05, 4.69) is 10.1 Å². The average molecular weight is 427 g/mol. The molecule has 0 aliphatic rings. The minimum atomic E-state index is -4.66. The van der Waals surface area contributed by atoms with E-state index in [0.29, 0.717) is 5.75 Å². The van der Waals surface area contributed by atoms with E-state index >= 15 is 0 Å². The van der Waals surface area contributed by atoms with Crippen LogP contribution < -0.4 is 10.1 Å². The maximum Gasteiger partial charge on any atom is 0.427 e. The number of nitrogens with one attached hydrogen (secondary N) is 1. The fourth-order valence-corrected chi connectivity index (χ4v) is 1.59. The minimum absolute atomic E-state index is 0.0221. The fourth-order valence-electron chi connectivity index (χ4n) is 1.59. The SMILES string of the molecule is CC.CC.Cc1ccc(F)cc1OCCOCCNC(=O)OC(C)(C)C(F)(F)F. The van der Waals surface area contributed by atoms with Gasteiger partial charge in [0, 0.05) is 12.6 Å². The van der Waals surface area contributed by atoms with Crippen molar-refractivity contribution in [2.75, 3.05) is 26.4 Å². The molecule has 1 rings (SSSR count). The second-order valence-electron chi connectivity index (χ2n) is 5.70. The lowest BCUT2D eigenvalue weighted by Crippen LogP contribution is -2.46. The number of hydrogen-bond acceptors (Lipinski definition) is 4. The second-order valence-corrected chi connectivity index (χ2v) is 5.70. The lowest BCUT2D eigenvalue weighted by Gasteiger charge is -2.27. The summed E-state index contributed by atoms with van der Waals surface area (Å²) in [5.41, 5.74) is -1.80. The predicted molar refractivity (Wildman–Crippen MR) is 105 cm³/mol. The highest BCUT2D eigenvalue weighted by molar-refractivity contribution is 5.67. The van der Waals surface area contributed by atoms with Crippen LogP contribution in [0.3, 0.4) is 0 Å². The zero-order valence-electron chi connectivity index (χ0n) is 18.2. The summed E-state index contributed by atoms with van der Waals surface area (Å²) in [5, 5.41) is 2.16. The van der Waals surface area contributed by atoms with Crippen LogP contribution in [0, 0.1) is 12.7 Å². The van der Waals surface area contributed by atoms with Gasteiger partial charge in [-0.3, -0.25) is 0 Å². The van der Waals surface area contributed by atoms with E-state index in [-0.39, 0.29) is 26.4 Å². The van der Waals surface area contributed by atoms with E-state index in [1.807, 2.05) is 27.7 Å². The highest BCUT2D eigenvalue weighted by atomic mass is 19.4. The van der Waals surface area contributed by atoms with Crippen LogP contribution in [0.5, 0.6) is 5.75 Å². The van der Waals surface area contributed by atoms with E-state index in [0.717, 1.165) is 19.4 Å². The maximum atomic E-state index is 13.1. The Labute approximate surface area is 170 Å². The smallest absolute Gasteiger partial charge is 0.427 e. The minimum Gasteiger partial charge on any atom is -0.491 e. The normalized spacial score (nSPS) is 10.7. The van der Waals surface area contributed by atoms with Gasteiger partial charge in [-0.15, -0.1) is 0 Å². The summed E-state index contributed by atoms with van der Waals surface area (Å²) in [6.07, 6.45) is -5.84. The van der Waals surface area contributed by atoms with Crippen molar-refractivity contribution in [1.29, 1.82) is 0 Å². The number of carbonyl (C=O) groups excluding carboxylic acids is 1. The molecule has 0 unspecified atom stereocenters. The molecule has 170 valence electrons. The third-order valence-electron chi connectivity index (χ3n) is 3.18. The molecule has 0 fully saturated rings. The molecule has 1 N–H and O–H groups in total. The maximum absolute atomic E-state index is 13.1. The third kappa shape index (κ3) is 12.2. The standard InChI is InChI=1S/C16H21F4NO4.2C2H6/c1-11-4-5-12(17)10-13(11)24-9-8-23-7-6-21-14(22)25-15(2,3)16(18,19)20;2*1-2/h4-5,10H,6-9H2,1-3H3,(H,21,22);2*1-2H3. The zero-order valence-corrected chi connectivity index (χ0v) is 18.2. The van der Waals surface area contributed by atoms with Crippen molar-refractivity contribution in [1.82, 2.24) is 5.32 Å². The van der Waals surface area contributed by atoms with Crippen LogP contribution >= 0.6 is 0 Å². The van der Waals surface area contributed by atoms with Gasteiger partial charge in [-0.1, -0.05) is 33.8 Å². The van der Waals surface area contributed by atoms with Crippen molar-refractivity contribution in [3.8, 4) is 5.75 Å². The van der Waals surface area contributed by atoms with E-state index in [4.69, 9.17) is 9.47 Å². The molecule has 9 heteroatoms. The van der Waals surface area contributed by atoms with Gasteiger partial charge in [0.05, 0.1) is 13.2 Å². The molecule has 1 aromatic carbocycles. The molecule has 1 amide bonds. The number of hydrogen-bond donors (Lipinski definition) is 1. The van der Waals surface area contributed by atoms with Gasteiger partial charge in [0.15, 0.2) is 0 Å². The summed E-state index contributed by atoms with van der Waals surface area (Å²) < 4.78 is 65.5. The van der Waals surface area contributed by atoms with Crippen LogP contribution in [0.25, 0.3) is 0 Å². The lowest BCUT2D eigenvalue weighted by molar-refractivity contribution is -0.243. The Balaban J connectivity index is 0. The topological polar surface area (TPSA) is 56.8 Å². The Morgan fingerprint density at radius 2 is 1.62 bits per heavy atom. The van der Waals surface area contributed by atoms with Gasteiger partial charge >= 0.3 is 12.3 Å².